The van der Waals surface area contributed by atoms with Crippen LogP contribution in [0.15, 0.2) is 76.5 Å². The second-order valence-corrected chi connectivity index (χ2v) is 10.3. The van der Waals surface area contributed by atoms with Gasteiger partial charge in [-0.1, -0.05) is 55.9 Å². The van der Waals surface area contributed by atoms with E-state index >= 15 is 0 Å². The van der Waals surface area contributed by atoms with E-state index in [0.29, 0.717) is 40.4 Å². The molecule has 0 spiro atoms. The van der Waals surface area contributed by atoms with E-state index in [1.54, 1.807) is 24.3 Å². The lowest BCUT2D eigenvalue weighted by atomic mass is 9.69. The number of nitro benzene ring substituents is 1. The lowest BCUT2D eigenvalue weighted by Crippen LogP contribution is -2.37. The number of para-hydroxylation sites is 1. The highest BCUT2D eigenvalue weighted by atomic mass is 32.2. The van der Waals surface area contributed by atoms with Crippen molar-refractivity contribution < 1.29 is 14.5 Å². The van der Waals surface area contributed by atoms with Crippen LogP contribution in [0.2, 0.25) is 0 Å². The number of hydrogen-bond acceptors (Lipinski definition) is 7. The fourth-order valence-corrected chi connectivity index (χ4v) is 5.36. The minimum absolute atomic E-state index is 0.0457. The van der Waals surface area contributed by atoms with Crippen molar-refractivity contribution in [2.75, 3.05) is 11.1 Å². The number of carbonyl (C=O) groups excluding carboxylic acids is 2. The van der Waals surface area contributed by atoms with Gasteiger partial charge in [0.05, 0.1) is 33.3 Å². The van der Waals surface area contributed by atoms with Gasteiger partial charge in [-0.05, 0) is 29.5 Å². The maximum Gasteiger partial charge on any atom is 0.269 e. The summed E-state index contributed by atoms with van der Waals surface area (Å²) < 4.78 is 0. The second kappa shape index (κ2) is 9.76. The Morgan fingerprint density at radius 1 is 1.23 bits per heavy atom. The number of benzene rings is 2. The molecule has 1 aliphatic carbocycles. The van der Waals surface area contributed by atoms with Crippen molar-refractivity contribution in [3.8, 4) is 6.07 Å². The van der Waals surface area contributed by atoms with Gasteiger partial charge < -0.3 is 10.6 Å². The molecule has 1 aliphatic heterocycles. The molecule has 4 rings (SSSR count). The lowest BCUT2D eigenvalue weighted by Gasteiger charge is -2.39. The van der Waals surface area contributed by atoms with Crippen LogP contribution in [0.3, 0.4) is 0 Å². The normalized spacial score (nSPS) is 18.9. The van der Waals surface area contributed by atoms with Crippen molar-refractivity contribution in [2.24, 2.45) is 5.41 Å². The highest BCUT2D eigenvalue weighted by molar-refractivity contribution is 8.03. The summed E-state index contributed by atoms with van der Waals surface area (Å²) in [5.74, 6) is -1.01. The number of nitrogens with one attached hydrogen (secondary N) is 2. The van der Waals surface area contributed by atoms with Crippen LogP contribution in [-0.4, -0.2) is 22.4 Å². The summed E-state index contributed by atoms with van der Waals surface area (Å²) in [7, 11) is 0. The van der Waals surface area contributed by atoms with Gasteiger partial charge in [0.1, 0.15) is 0 Å². The molecule has 0 aromatic heterocycles. The number of nitro groups is 1. The van der Waals surface area contributed by atoms with Crippen molar-refractivity contribution >= 4 is 34.8 Å². The predicted molar refractivity (Wildman–Crippen MR) is 134 cm³/mol. The summed E-state index contributed by atoms with van der Waals surface area (Å²) in [6.45, 7) is 4.00. The number of amides is 1. The molecule has 2 aromatic carbocycles. The van der Waals surface area contributed by atoms with Crippen molar-refractivity contribution in [3.63, 3.8) is 0 Å². The van der Waals surface area contributed by atoms with E-state index in [0.717, 1.165) is 0 Å². The van der Waals surface area contributed by atoms with Gasteiger partial charge in [-0.2, -0.15) is 5.26 Å². The number of carbonyl (C=O) groups is 2. The standard InChI is InChI=1S/C26H24N4O4S/c1-26(2)12-20-24(21(31)13-26)23(16-7-6-10-18(11-16)30(33)34)19(14-27)25(29-20)35-15-22(32)28-17-8-4-3-5-9-17/h3-11,23,29H,12-13,15H2,1-2H3,(H,28,32)/t23-/m1/s1. The van der Waals surface area contributed by atoms with E-state index in [9.17, 15) is 25.0 Å². The predicted octanol–water partition coefficient (Wildman–Crippen LogP) is 5.03. The molecular formula is C26H24N4O4S. The number of anilines is 1. The van der Waals surface area contributed by atoms with E-state index in [1.165, 1.54) is 23.9 Å². The Morgan fingerprint density at radius 3 is 2.66 bits per heavy atom. The number of thioether (sulfide) groups is 1. The maximum atomic E-state index is 13.2. The molecule has 1 amide bonds. The fraction of sp³-hybridized carbons (Fsp3) is 0.269. The minimum Gasteiger partial charge on any atom is -0.352 e. The number of dihydropyridines is 1. The number of Topliss-reactive ketones (excluding diaryl/α,β-unsaturated/α-hetero) is 1. The molecule has 8 nitrogen and oxygen atoms in total. The largest absolute Gasteiger partial charge is 0.352 e. The molecule has 178 valence electrons. The van der Waals surface area contributed by atoms with Gasteiger partial charge in [0.2, 0.25) is 5.91 Å². The zero-order chi connectivity index (χ0) is 25.2. The molecule has 1 atom stereocenters. The van der Waals surface area contributed by atoms with Crippen LogP contribution >= 0.6 is 11.8 Å². The number of hydrogen-bond donors (Lipinski definition) is 2. The van der Waals surface area contributed by atoms with Crippen LogP contribution in [0, 0.1) is 26.9 Å². The van der Waals surface area contributed by atoms with Gasteiger partial charge >= 0.3 is 0 Å². The van der Waals surface area contributed by atoms with Crippen LogP contribution in [0.5, 0.6) is 0 Å². The lowest BCUT2D eigenvalue weighted by molar-refractivity contribution is -0.384. The van der Waals surface area contributed by atoms with Crippen LogP contribution in [-0.2, 0) is 9.59 Å². The monoisotopic (exact) mass is 488 g/mol. The van der Waals surface area contributed by atoms with Crippen molar-refractivity contribution in [3.05, 3.63) is 92.1 Å². The van der Waals surface area contributed by atoms with E-state index in [1.807, 2.05) is 32.0 Å². The average Bonchev–Trinajstić information content (AvgIpc) is 2.81. The summed E-state index contributed by atoms with van der Waals surface area (Å²) in [5, 5.41) is 28.1. The molecule has 1 heterocycles. The zero-order valence-corrected chi connectivity index (χ0v) is 20.1. The number of ketones is 1. The molecule has 2 N–H and O–H groups in total. The third-order valence-electron chi connectivity index (χ3n) is 5.95. The quantitative estimate of drug-likeness (QED) is 0.431. The van der Waals surface area contributed by atoms with E-state index in [2.05, 4.69) is 16.7 Å². The first-order chi connectivity index (χ1) is 16.7. The Labute approximate surface area is 207 Å². The summed E-state index contributed by atoms with van der Waals surface area (Å²) in [6, 6.07) is 17.3. The minimum atomic E-state index is -0.737. The Bertz CT molecular complexity index is 1310. The molecule has 35 heavy (non-hydrogen) atoms. The first kappa shape index (κ1) is 24.2. The SMILES string of the molecule is CC1(C)CC(=O)C2=C(C1)NC(SCC(=O)Nc1ccccc1)=C(C#N)[C@H]2c1cccc([N+](=O)[O-])c1. The van der Waals surface area contributed by atoms with E-state index in [4.69, 9.17) is 0 Å². The highest BCUT2D eigenvalue weighted by Gasteiger charge is 2.42. The molecular weight excluding hydrogens is 464 g/mol. The second-order valence-electron chi connectivity index (χ2n) is 9.30. The molecule has 9 heteroatoms. The smallest absolute Gasteiger partial charge is 0.269 e. The van der Waals surface area contributed by atoms with Crippen LogP contribution in [0.1, 0.15) is 38.2 Å². The molecule has 0 saturated heterocycles. The van der Waals surface area contributed by atoms with Crippen molar-refractivity contribution in [2.45, 2.75) is 32.6 Å². The van der Waals surface area contributed by atoms with Crippen LogP contribution < -0.4 is 10.6 Å². The Balaban J connectivity index is 1.70. The Hall–Kier alpha value is -3.90. The first-order valence-corrected chi connectivity index (χ1v) is 12.1. The topological polar surface area (TPSA) is 125 Å². The number of nitriles is 1. The van der Waals surface area contributed by atoms with Gasteiger partial charge in [0.25, 0.3) is 5.69 Å². The summed E-state index contributed by atoms with van der Waals surface area (Å²) in [4.78, 5) is 36.7. The maximum absolute atomic E-state index is 13.2. The van der Waals surface area contributed by atoms with Crippen LogP contribution in [0.4, 0.5) is 11.4 Å². The molecule has 2 aromatic rings. The summed E-state index contributed by atoms with van der Waals surface area (Å²) in [6.07, 6.45) is 0.901. The number of nitrogens with zero attached hydrogens (tertiary/aromatic N) is 2. The van der Waals surface area contributed by atoms with Gasteiger partial charge in [0, 0.05) is 35.5 Å². The number of non-ortho nitro benzene ring substituents is 1. The molecule has 0 saturated carbocycles. The van der Waals surface area contributed by atoms with Gasteiger partial charge in [0.15, 0.2) is 5.78 Å². The molecule has 2 aliphatic rings. The number of allylic oxidation sites excluding steroid dienone is 3. The van der Waals surface area contributed by atoms with Gasteiger partial charge in [-0.25, -0.2) is 0 Å². The van der Waals surface area contributed by atoms with E-state index < -0.39 is 10.8 Å². The van der Waals surface area contributed by atoms with Crippen molar-refractivity contribution in [1.82, 2.24) is 5.32 Å². The Morgan fingerprint density at radius 2 is 1.97 bits per heavy atom. The average molecular weight is 489 g/mol. The molecule has 0 radical (unpaired) electrons. The third-order valence-corrected chi connectivity index (χ3v) is 6.96. The Kier molecular flexibility index (Phi) is 6.76. The molecule has 0 bridgehead atoms. The van der Waals surface area contributed by atoms with Gasteiger partial charge in [-0.15, -0.1) is 0 Å². The summed E-state index contributed by atoms with van der Waals surface area (Å²) in [5.41, 5.74) is 2.23. The van der Waals surface area contributed by atoms with E-state index in [-0.39, 0.29) is 34.1 Å². The molecule has 0 unspecified atom stereocenters. The van der Waals surface area contributed by atoms with Gasteiger partial charge in [-0.3, -0.25) is 19.7 Å². The third kappa shape index (κ3) is 5.28. The van der Waals surface area contributed by atoms with Crippen molar-refractivity contribution in [1.29, 1.82) is 5.26 Å². The molecule has 0 fully saturated rings. The highest BCUT2D eigenvalue weighted by Crippen LogP contribution is 2.48. The first-order valence-electron chi connectivity index (χ1n) is 11.1. The van der Waals surface area contributed by atoms with Crippen LogP contribution in [0.25, 0.3) is 0 Å². The summed E-state index contributed by atoms with van der Waals surface area (Å²) >= 11 is 1.18. The zero-order valence-electron chi connectivity index (χ0n) is 19.3. The number of rotatable bonds is 6. The fourth-order valence-electron chi connectivity index (χ4n) is 4.50.